The number of amides is 1. The Labute approximate surface area is 144 Å². The molecular formula is C15H15BrF3N3O2. The maximum absolute atomic E-state index is 12.5. The molecule has 2 aromatic rings. The molecule has 0 spiro atoms. The molecule has 0 atom stereocenters. The lowest BCUT2D eigenvalue weighted by Crippen LogP contribution is -2.29. The number of aryl methyl sites for hydroxylation is 1. The minimum atomic E-state index is -4.38. The van der Waals surface area contributed by atoms with E-state index in [9.17, 15) is 23.1 Å². The molecule has 0 unspecified atom stereocenters. The predicted molar refractivity (Wildman–Crippen MR) is 84.6 cm³/mol. The van der Waals surface area contributed by atoms with Crippen LogP contribution in [-0.4, -0.2) is 38.7 Å². The summed E-state index contributed by atoms with van der Waals surface area (Å²) in [5.41, 5.74) is 0.827. The Hall–Kier alpha value is -2.03. The van der Waals surface area contributed by atoms with Crippen molar-refractivity contribution in [1.29, 1.82) is 0 Å². The first-order valence-corrected chi connectivity index (χ1v) is 7.69. The van der Waals surface area contributed by atoms with E-state index in [1.54, 1.807) is 13.0 Å². The summed E-state index contributed by atoms with van der Waals surface area (Å²) in [6, 6.07) is 3.17. The standard InChI is InChI=1S/C15H15BrF3N3O2/c1-9-5-10(13(23)11(16)6-9)14(24)21(2)7-12-20-3-4-22(12)8-15(17,18)19/h3-6,23H,7-8H2,1-2H3. The highest BCUT2D eigenvalue weighted by Crippen LogP contribution is 2.30. The largest absolute Gasteiger partial charge is 0.506 e. The van der Waals surface area contributed by atoms with Gasteiger partial charge in [0.2, 0.25) is 0 Å². The van der Waals surface area contributed by atoms with E-state index in [2.05, 4.69) is 20.9 Å². The molecule has 0 radical (unpaired) electrons. The van der Waals surface area contributed by atoms with Crippen LogP contribution in [0.25, 0.3) is 0 Å². The molecule has 1 heterocycles. The van der Waals surface area contributed by atoms with E-state index in [4.69, 9.17) is 0 Å². The smallest absolute Gasteiger partial charge is 0.406 e. The van der Waals surface area contributed by atoms with Gasteiger partial charge < -0.3 is 14.6 Å². The Kier molecular flexibility index (Phi) is 5.22. The van der Waals surface area contributed by atoms with Crippen LogP contribution in [0.1, 0.15) is 21.7 Å². The van der Waals surface area contributed by atoms with Crippen LogP contribution in [0, 0.1) is 6.92 Å². The van der Waals surface area contributed by atoms with Crippen LogP contribution in [0.4, 0.5) is 13.2 Å². The summed E-state index contributed by atoms with van der Waals surface area (Å²) >= 11 is 3.16. The van der Waals surface area contributed by atoms with Crippen LogP contribution in [0.5, 0.6) is 5.75 Å². The Bertz CT molecular complexity index is 759. The molecule has 0 bridgehead atoms. The normalized spacial score (nSPS) is 11.6. The highest BCUT2D eigenvalue weighted by atomic mass is 79.9. The van der Waals surface area contributed by atoms with Gasteiger partial charge in [0.15, 0.2) is 0 Å². The van der Waals surface area contributed by atoms with E-state index in [1.165, 1.54) is 30.4 Å². The van der Waals surface area contributed by atoms with Gasteiger partial charge in [-0.05, 0) is 40.5 Å². The molecule has 0 aliphatic carbocycles. The van der Waals surface area contributed by atoms with Crippen molar-refractivity contribution in [2.24, 2.45) is 0 Å². The number of aromatic nitrogens is 2. The number of rotatable bonds is 4. The fourth-order valence-corrected chi connectivity index (χ4v) is 2.79. The number of phenols is 1. The molecular weight excluding hydrogens is 391 g/mol. The monoisotopic (exact) mass is 405 g/mol. The zero-order chi connectivity index (χ0) is 18.1. The molecule has 0 aliphatic rings. The van der Waals surface area contributed by atoms with Crippen molar-refractivity contribution in [3.05, 3.63) is 46.0 Å². The number of hydrogen-bond donors (Lipinski definition) is 1. The summed E-state index contributed by atoms with van der Waals surface area (Å²) in [5, 5.41) is 10.0. The highest BCUT2D eigenvalue weighted by molar-refractivity contribution is 9.10. The minimum Gasteiger partial charge on any atom is -0.506 e. The van der Waals surface area contributed by atoms with Crippen molar-refractivity contribution in [3.8, 4) is 5.75 Å². The first kappa shape index (κ1) is 18.3. The maximum atomic E-state index is 12.5. The number of hydrogen-bond acceptors (Lipinski definition) is 3. The molecule has 130 valence electrons. The summed E-state index contributed by atoms with van der Waals surface area (Å²) < 4.78 is 38.9. The molecule has 0 aliphatic heterocycles. The zero-order valence-electron chi connectivity index (χ0n) is 12.9. The summed E-state index contributed by atoms with van der Waals surface area (Å²) in [6.45, 7) is 0.468. The lowest BCUT2D eigenvalue weighted by molar-refractivity contribution is -0.141. The van der Waals surface area contributed by atoms with Gasteiger partial charge in [-0.1, -0.05) is 0 Å². The van der Waals surface area contributed by atoms with E-state index in [0.29, 0.717) is 4.47 Å². The molecule has 0 saturated heterocycles. The molecule has 0 fully saturated rings. The van der Waals surface area contributed by atoms with E-state index in [0.717, 1.165) is 10.1 Å². The number of aromatic hydroxyl groups is 1. The van der Waals surface area contributed by atoms with Crippen LogP contribution in [0.2, 0.25) is 0 Å². The van der Waals surface area contributed by atoms with Gasteiger partial charge >= 0.3 is 6.18 Å². The number of carbonyl (C=O) groups excluding carboxylic acids is 1. The fourth-order valence-electron chi connectivity index (χ4n) is 2.22. The number of phenolic OH excluding ortho intramolecular Hbond substituents is 1. The van der Waals surface area contributed by atoms with E-state index in [1.807, 2.05) is 0 Å². The Morgan fingerprint density at radius 1 is 1.42 bits per heavy atom. The van der Waals surface area contributed by atoms with E-state index in [-0.39, 0.29) is 23.7 Å². The molecule has 0 saturated carbocycles. The van der Waals surface area contributed by atoms with Gasteiger partial charge in [0.1, 0.15) is 18.1 Å². The maximum Gasteiger partial charge on any atom is 0.406 e. The summed E-state index contributed by atoms with van der Waals surface area (Å²) in [7, 11) is 1.44. The third-order valence-corrected chi connectivity index (χ3v) is 3.92. The first-order valence-electron chi connectivity index (χ1n) is 6.90. The van der Waals surface area contributed by atoms with E-state index < -0.39 is 18.6 Å². The van der Waals surface area contributed by atoms with Crippen LogP contribution in [0.3, 0.4) is 0 Å². The van der Waals surface area contributed by atoms with Crippen molar-refractivity contribution in [1.82, 2.24) is 14.5 Å². The van der Waals surface area contributed by atoms with Crippen LogP contribution < -0.4 is 0 Å². The topological polar surface area (TPSA) is 58.4 Å². The Morgan fingerprint density at radius 3 is 2.71 bits per heavy atom. The lowest BCUT2D eigenvalue weighted by Gasteiger charge is -2.19. The SMILES string of the molecule is Cc1cc(Br)c(O)c(C(=O)N(C)Cc2nccn2CC(F)(F)F)c1. The van der Waals surface area contributed by atoms with Gasteiger partial charge in [0.25, 0.3) is 5.91 Å². The number of halogens is 4. The van der Waals surface area contributed by atoms with Crippen LogP contribution in [0.15, 0.2) is 29.0 Å². The zero-order valence-corrected chi connectivity index (χ0v) is 14.5. The third kappa shape index (κ3) is 4.28. The molecule has 1 amide bonds. The predicted octanol–water partition coefficient (Wildman–Crippen LogP) is 3.49. The molecule has 9 heteroatoms. The molecule has 1 aromatic carbocycles. The first-order chi connectivity index (χ1) is 11.1. The number of imidazole rings is 1. The van der Waals surface area contributed by atoms with Crippen molar-refractivity contribution in [2.75, 3.05) is 7.05 Å². The number of nitrogens with zero attached hydrogens (tertiary/aromatic N) is 3. The van der Waals surface area contributed by atoms with Crippen molar-refractivity contribution < 1.29 is 23.1 Å². The summed E-state index contributed by atoms with van der Waals surface area (Å²) in [6.07, 6.45) is -1.92. The van der Waals surface area contributed by atoms with Gasteiger partial charge in [0, 0.05) is 19.4 Å². The molecule has 5 nitrogen and oxygen atoms in total. The van der Waals surface area contributed by atoms with Crippen molar-refractivity contribution in [3.63, 3.8) is 0 Å². The average molecular weight is 406 g/mol. The van der Waals surface area contributed by atoms with Gasteiger partial charge in [-0.15, -0.1) is 0 Å². The van der Waals surface area contributed by atoms with Gasteiger partial charge in [0.05, 0.1) is 16.6 Å². The number of alkyl halides is 3. The molecule has 2 rings (SSSR count). The third-order valence-electron chi connectivity index (χ3n) is 3.31. The van der Waals surface area contributed by atoms with Crippen molar-refractivity contribution >= 4 is 21.8 Å². The summed E-state index contributed by atoms with van der Waals surface area (Å²) in [4.78, 5) is 17.6. The van der Waals surface area contributed by atoms with Gasteiger partial charge in [-0.2, -0.15) is 13.2 Å². The summed E-state index contributed by atoms with van der Waals surface area (Å²) in [5.74, 6) is -0.621. The fraction of sp³-hybridized carbons (Fsp3) is 0.333. The molecule has 24 heavy (non-hydrogen) atoms. The van der Waals surface area contributed by atoms with Gasteiger partial charge in [-0.25, -0.2) is 4.98 Å². The van der Waals surface area contributed by atoms with E-state index >= 15 is 0 Å². The second kappa shape index (κ2) is 6.84. The number of carbonyl (C=O) groups is 1. The highest BCUT2D eigenvalue weighted by Gasteiger charge is 2.29. The quantitative estimate of drug-likeness (QED) is 0.846. The second-order valence-electron chi connectivity index (χ2n) is 5.39. The Balaban J connectivity index is 2.21. The molecule has 1 N–H and O–H groups in total. The average Bonchev–Trinajstić information content (AvgIpc) is 2.87. The Morgan fingerprint density at radius 2 is 2.08 bits per heavy atom. The van der Waals surface area contributed by atoms with Gasteiger partial charge in [-0.3, -0.25) is 4.79 Å². The minimum absolute atomic E-state index is 0.0679. The van der Waals surface area contributed by atoms with Crippen LogP contribution in [-0.2, 0) is 13.1 Å². The molecule has 1 aromatic heterocycles. The second-order valence-corrected chi connectivity index (χ2v) is 6.25. The lowest BCUT2D eigenvalue weighted by atomic mass is 10.1. The van der Waals surface area contributed by atoms with Crippen molar-refractivity contribution in [2.45, 2.75) is 26.2 Å². The number of benzene rings is 1. The van der Waals surface area contributed by atoms with Crippen LogP contribution >= 0.6 is 15.9 Å².